The monoisotopic (exact) mass is 277 g/mol. The van der Waals surface area contributed by atoms with Crippen molar-refractivity contribution in [2.24, 2.45) is 5.92 Å². The molecule has 1 aromatic rings. The number of non-ortho nitro benzene ring substituents is 1. The first-order valence-corrected chi connectivity index (χ1v) is 7.34. The van der Waals surface area contributed by atoms with Crippen molar-refractivity contribution >= 4 is 17.1 Å². The highest BCUT2D eigenvalue weighted by Gasteiger charge is 2.20. The molecule has 5 heteroatoms. The number of nitro groups is 1. The molecular weight excluding hydrogens is 254 g/mol. The van der Waals surface area contributed by atoms with Gasteiger partial charge in [-0.3, -0.25) is 10.1 Å². The molecule has 5 nitrogen and oxygen atoms in total. The third-order valence-electron chi connectivity index (χ3n) is 3.89. The number of nitrogens with one attached hydrogen (secondary N) is 1. The lowest BCUT2D eigenvalue weighted by molar-refractivity contribution is -0.384. The number of rotatable bonds is 7. The van der Waals surface area contributed by atoms with E-state index in [-0.39, 0.29) is 10.6 Å². The Bertz CT molecular complexity index is 472. The van der Waals surface area contributed by atoms with Crippen molar-refractivity contribution in [3.63, 3.8) is 0 Å². The predicted octanol–water partition coefficient (Wildman–Crippen LogP) is 3.65. The van der Waals surface area contributed by atoms with Gasteiger partial charge < -0.3 is 10.2 Å². The van der Waals surface area contributed by atoms with Crippen LogP contribution in [0.25, 0.3) is 0 Å². The molecule has 0 aliphatic heterocycles. The minimum Gasteiger partial charge on any atom is -0.385 e. The molecule has 1 aromatic carbocycles. The zero-order valence-electron chi connectivity index (χ0n) is 12.3. The molecule has 1 saturated carbocycles. The topological polar surface area (TPSA) is 58.4 Å². The van der Waals surface area contributed by atoms with Crippen LogP contribution in [-0.2, 0) is 0 Å². The van der Waals surface area contributed by atoms with Gasteiger partial charge in [-0.05, 0) is 31.2 Å². The van der Waals surface area contributed by atoms with Gasteiger partial charge in [-0.25, -0.2) is 0 Å². The lowest BCUT2D eigenvalue weighted by Gasteiger charge is -2.31. The maximum atomic E-state index is 11.1. The van der Waals surface area contributed by atoms with Gasteiger partial charge in [0.2, 0.25) is 0 Å². The van der Waals surface area contributed by atoms with Crippen LogP contribution in [0.3, 0.4) is 0 Å². The molecule has 1 aliphatic rings. The Balaban J connectivity index is 2.16. The maximum absolute atomic E-state index is 11.1. The van der Waals surface area contributed by atoms with Crippen LogP contribution >= 0.6 is 0 Å². The van der Waals surface area contributed by atoms with Gasteiger partial charge in [0.25, 0.3) is 5.69 Å². The van der Waals surface area contributed by atoms with Gasteiger partial charge in [-0.1, -0.05) is 13.3 Å². The molecule has 1 aliphatic carbocycles. The van der Waals surface area contributed by atoms with Gasteiger partial charge in [0, 0.05) is 43.6 Å². The van der Waals surface area contributed by atoms with E-state index in [0.29, 0.717) is 0 Å². The minimum absolute atomic E-state index is 0.154. The van der Waals surface area contributed by atoms with Gasteiger partial charge in [-0.15, -0.1) is 0 Å². The van der Waals surface area contributed by atoms with Crippen molar-refractivity contribution in [2.45, 2.75) is 32.6 Å². The van der Waals surface area contributed by atoms with Crippen LogP contribution in [0.5, 0.6) is 0 Å². The molecule has 110 valence electrons. The number of nitrogens with zero attached hydrogens (tertiary/aromatic N) is 2. The average molecular weight is 277 g/mol. The van der Waals surface area contributed by atoms with Crippen molar-refractivity contribution in [2.75, 3.05) is 30.4 Å². The molecule has 0 saturated heterocycles. The lowest BCUT2D eigenvalue weighted by atomic mass is 9.85. The third-order valence-corrected chi connectivity index (χ3v) is 3.89. The number of hydrogen-bond acceptors (Lipinski definition) is 4. The van der Waals surface area contributed by atoms with E-state index in [1.165, 1.54) is 19.3 Å². The van der Waals surface area contributed by atoms with E-state index in [0.717, 1.165) is 36.8 Å². The Kier molecular flexibility index (Phi) is 4.82. The van der Waals surface area contributed by atoms with Crippen LogP contribution in [0.1, 0.15) is 32.6 Å². The Morgan fingerprint density at radius 3 is 2.70 bits per heavy atom. The van der Waals surface area contributed by atoms with E-state index in [9.17, 15) is 10.1 Å². The molecule has 0 bridgehead atoms. The molecule has 1 N–H and O–H groups in total. The summed E-state index contributed by atoms with van der Waals surface area (Å²) in [5, 5.41) is 14.3. The second kappa shape index (κ2) is 6.59. The summed E-state index contributed by atoms with van der Waals surface area (Å²) in [7, 11) is 2.01. The normalized spacial score (nSPS) is 14.7. The van der Waals surface area contributed by atoms with E-state index in [4.69, 9.17) is 0 Å². The molecule has 0 atom stereocenters. The van der Waals surface area contributed by atoms with Crippen molar-refractivity contribution in [1.82, 2.24) is 0 Å². The number of benzene rings is 1. The fourth-order valence-corrected chi connectivity index (χ4v) is 2.46. The van der Waals surface area contributed by atoms with E-state index in [2.05, 4.69) is 17.1 Å². The van der Waals surface area contributed by atoms with Crippen molar-refractivity contribution < 1.29 is 4.92 Å². The van der Waals surface area contributed by atoms with Crippen LogP contribution in [0.4, 0.5) is 17.1 Å². The molecule has 0 heterocycles. The third kappa shape index (κ3) is 3.62. The van der Waals surface area contributed by atoms with Gasteiger partial charge in [0.1, 0.15) is 0 Å². The zero-order chi connectivity index (χ0) is 14.5. The number of hydrogen-bond donors (Lipinski definition) is 1. The van der Waals surface area contributed by atoms with Crippen molar-refractivity contribution in [1.29, 1.82) is 0 Å². The molecule has 2 rings (SSSR count). The molecule has 20 heavy (non-hydrogen) atoms. The van der Waals surface area contributed by atoms with E-state index in [1.807, 2.05) is 13.1 Å². The highest BCUT2D eigenvalue weighted by Crippen LogP contribution is 2.31. The first kappa shape index (κ1) is 14.6. The molecule has 0 aromatic heterocycles. The van der Waals surface area contributed by atoms with Crippen LogP contribution in [0.2, 0.25) is 0 Å². The van der Waals surface area contributed by atoms with Crippen LogP contribution in [-0.4, -0.2) is 25.1 Å². The van der Waals surface area contributed by atoms with Gasteiger partial charge in [0.15, 0.2) is 0 Å². The zero-order valence-corrected chi connectivity index (χ0v) is 12.3. The summed E-state index contributed by atoms with van der Waals surface area (Å²) in [6.45, 7) is 3.88. The summed E-state index contributed by atoms with van der Waals surface area (Å²) in [5.74, 6) is 0.742. The standard InChI is InChI=1S/C15H23N3O2/c1-3-7-16-13-8-14(10-15(9-13)18(19)20)17(2)11-12-5-4-6-12/h8-10,12,16H,3-7,11H2,1-2H3. The summed E-state index contributed by atoms with van der Waals surface area (Å²) in [6.07, 6.45) is 4.87. The summed E-state index contributed by atoms with van der Waals surface area (Å²) >= 11 is 0. The summed E-state index contributed by atoms with van der Waals surface area (Å²) in [5.41, 5.74) is 1.91. The fraction of sp³-hybridized carbons (Fsp3) is 0.600. The highest BCUT2D eigenvalue weighted by molar-refractivity contribution is 5.64. The Morgan fingerprint density at radius 2 is 2.15 bits per heavy atom. The van der Waals surface area contributed by atoms with E-state index < -0.39 is 0 Å². The quantitative estimate of drug-likeness (QED) is 0.610. The van der Waals surface area contributed by atoms with E-state index in [1.54, 1.807) is 12.1 Å². The van der Waals surface area contributed by atoms with Crippen molar-refractivity contribution in [3.8, 4) is 0 Å². The summed E-state index contributed by atoms with van der Waals surface area (Å²) in [6, 6.07) is 5.27. The molecule has 1 fully saturated rings. The summed E-state index contributed by atoms with van der Waals surface area (Å²) in [4.78, 5) is 12.9. The fourth-order valence-electron chi connectivity index (χ4n) is 2.46. The Hall–Kier alpha value is -1.78. The minimum atomic E-state index is -0.322. The maximum Gasteiger partial charge on any atom is 0.273 e. The summed E-state index contributed by atoms with van der Waals surface area (Å²) < 4.78 is 0. The van der Waals surface area contributed by atoms with Crippen LogP contribution in [0, 0.1) is 16.0 Å². The van der Waals surface area contributed by atoms with Gasteiger partial charge in [-0.2, -0.15) is 0 Å². The average Bonchev–Trinajstić information content (AvgIpc) is 2.39. The molecule has 0 amide bonds. The largest absolute Gasteiger partial charge is 0.385 e. The first-order chi connectivity index (χ1) is 9.60. The van der Waals surface area contributed by atoms with Crippen LogP contribution < -0.4 is 10.2 Å². The second-order valence-corrected chi connectivity index (χ2v) is 5.60. The molecule has 0 spiro atoms. The molecule has 0 unspecified atom stereocenters. The predicted molar refractivity (Wildman–Crippen MR) is 82.5 cm³/mol. The first-order valence-electron chi connectivity index (χ1n) is 7.34. The van der Waals surface area contributed by atoms with Crippen LogP contribution in [0.15, 0.2) is 18.2 Å². The SMILES string of the molecule is CCCNc1cc(N(C)CC2CCC2)cc([N+](=O)[O-])c1. The Labute approximate surface area is 120 Å². The highest BCUT2D eigenvalue weighted by atomic mass is 16.6. The van der Waals surface area contributed by atoms with Gasteiger partial charge in [0.05, 0.1) is 4.92 Å². The molecular formula is C15H23N3O2. The number of nitro benzene ring substituents is 1. The van der Waals surface area contributed by atoms with Crippen molar-refractivity contribution in [3.05, 3.63) is 28.3 Å². The molecule has 0 radical (unpaired) electrons. The second-order valence-electron chi connectivity index (χ2n) is 5.60. The lowest BCUT2D eigenvalue weighted by Crippen LogP contribution is -2.29. The smallest absolute Gasteiger partial charge is 0.273 e. The Morgan fingerprint density at radius 1 is 1.40 bits per heavy atom. The number of anilines is 2. The van der Waals surface area contributed by atoms with E-state index >= 15 is 0 Å². The van der Waals surface area contributed by atoms with Gasteiger partial charge >= 0.3 is 0 Å².